The van der Waals surface area contributed by atoms with Crippen LogP contribution in [0.3, 0.4) is 0 Å². The number of amides is 1. The third kappa shape index (κ3) is 5.56. The lowest BCUT2D eigenvalue weighted by molar-refractivity contribution is -0.194. The minimum Gasteiger partial charge on any atom is -0.508 e. The number of likely N-dealkylation sites (N-methyl/N-ethyl adjacent to an activating group) is 1. The number of carbonyl (C=O) groups is 1. The van der Waals surface area contributed by atoms with Gasteiger partial charge in [0, 0.05) is 37.3 Å². The van der Waals surface area contributed by atoms with Gasteiger partial charge < -0.3 is 15.3 Å². The molecule has 1 amide bonds. The van der Waals surface area contributed by atoms with Gasteiger partial charge in [-0.2, -0.15) is 13.2 Å². The van der Waals surface area contributed by atoms with Crippen molar-refractivity contribution in [3.63, 3.8) is 0 Å². The maximum atomic E-state index is 13.9. The third-order valence-electron chi connectivity index (χ3n) is 6.29. The molecule has 1 saturated carbocycles. The van der Waals surface area contributed by atoms with Gasteiger partial charge in [0.2, 0.25) is 5.91 Å². The van der Waals surface area contributed by atoms with Gasteiger partial charge in [-0.15, -0.1) is 0 Å². The van der Waals surface area contributed by atoms with Gasteiger partial charge in [-0.25, -0.2) is 9.97 Å². The van der Waals surface area contributed by atoms with Gasteiger partial charge in [0.25, 0.3) is 0 Å². The fourth-order valence-electron chi connectivity index (χ4n) is 4.01. The van der Waals surface area contributed by atoms with Crippen LogP contribution in [0, 0.1) is 12.3 Å². The highest BCUT2D eigenvalue weighted by Crippen LogP contribution is 2.66. The molecule has 174 valence electrons. The number of alkyl halides is 3. The van der Waals surface area contributed by atoms with Crippen LogP contribution >= 0.6 is 0 Å². The largest absolute Gasteiger partial charge is 0.508 e. The maximum Gasteiger partial charge on any atom is 0.395 e. The average molecular weight is 451 g/mol. The van der Waals surface area contributed by atoms with Crippen LogP contribution in [0.5, 0.6) is 5.75 Å². The summed E-state index contributed by atoms with van der Waals surface area (Å²) < 4.78 is 41.6. The standard InChI is InChI=1S/C23H29F3N4O2/c1-15-27-12-17(13-28-15)20(22(8-9-22)23(24,25)26)11-21(32)29-14-18(30(2)3)10-16-4-6-19(31)7-5-16/h4-7,12-13,18,20,31H,8-11,14H2,1-3H3,(H,29,32). The predicted octanol–water partition coefficient (Wildman–Crippen LogP) is 3.60. The van der Waals surface area contributed by atoms with Gasteiger partial charge in [0.15, 0.2) is 0 Å². The molecular weight excluding hydrogens is 421 g/mol. The van der Waals surface area contributed by atoms with Gasteiger partial charge >= 0.3 is 6.18 Å². The van der Waals surface area contributed by atoms with Crippen molar-refractivity contribution in [2.24, 2.45) is 5.41 Å². The summed E-state index contributed by atoms with van der Waals surface area (Å²) in [5.41, 5.74) is -0.566. The Balaban J connectivity index is 1.69. The Hall–Kier alpha value is -2.68. The lowest BCUT2D eigenvalue weighted by Crippen LogP contribution is -2.42. The smallest absolute Gasteiger partial charge is 0.395 e. The van der Waals surface area contributed by atoms with E-state index < -0.39 is 23.4 Å². The Morgan fingerprint density at radius 2 is 1.78 bits per heavy atom. The monoisotopic (exact) mass is 450 g/mol. The van der Waals surface area contributed by atoms with E-state index >= 15 is 0 Å². The van der Waals surface area contributed by atoms with Gasteiger partial charge in [0.1, 0.15) is 11.6 Å². The first-order valence-corrected chi connectivity index (χ1v) is 10.6. The molecule has 1 heterocycles. The van der Waals surface area contributed by atoms with Gasteiger partial charge in [0.05, 0.1) is 5.41 Å². The molecule has 1 fully saturated rings. The Bertz CT molecular complexity index is 910. The number of rotatable bonds is 9. The first-order chi connectivity index (χ1) is 15.0. The summed E-state index contributed by atoms with van der Waals surface area (Å²) in [6.45, 7) is 1.96. The highest BCUT2D eigenvalue weighted by Gasteiger charge is 2.67. The van der Waals surface area contributed by atoms with E-state index in [0.29, 0.717) is 24.4 Å². The lowest BCUT2D eigenvalue weighted by Gasteiger charge is -2.29. The summed E-state index contributed by atoms with van der Waals surface area (Å²) in [7, 11) is 3.76. The normalized spacial score (nSPS) is 17.1. The third-order valence-corrected chi connectivity index (χ3v) is 6.29. The van der Waals surface area contributed by atoms with Crippen LogP contribution in [-0.4, -0.2) is 58.7 Å². The van der Waals surface area contributed by atoms with Gasteiger partial charge in [-0.1, -0.05) is 12.1 Å². The number of hydrogen-bond acceptors (Lipinski definition) is 5. The second kappa shape index (κ2) is 9.44. The number of benzene rings is 1. The van der Waals surface area contributed by atoms with Crippen LogP contribution in [0.1, 0.15) is 42.1 Å². The SMILES string of the molecule is Cc1ncc(C(CC(=O)NCC(Cc2ccc(O)cc2)N(C)C)C2(C(F)(F)F)CC2)cn1. The van der Waals surface area contributed by atoms with Crippen molar-refractivity contribution in [1.82, 2.24) is 20.2 Å². The number of phenolic OH excluding ortho intramolecular Hbond substituents is 1. The molecule has 9 heteroatoms. The van der Waals surface area contributed by atoms with E-state index in [1.165, 1.54) is 12.4 Å². The number of phenols is 1. The second-order valence-electron chi connectivity index (χ2n) is 8.77. The van der Waals surface area contributed by atoms with Crippen molar-refractivity contribution in [3.8, 4) is 5.75 Å². The van der Waals surface area contributed by atoms with Gasteiger partial charge in [-0.05, 0) is 63.5 Å². The van der Waals surface area contributed by atoms with Crippen molar-refractivity contribution in [2.45, 2.75) is 50.7 Å². The number of aryl methyl sites for hydroxylation is 1. The molecule has 2 unspecified atom stereocenters. The summed E-state index contributed by atoms with van der Waals surface area (Å²) >= 11 is 0. The molecule has 1 aliphatic carbocycles. The van der Waals surface area contributed by atoms with Gasteiger partial charge in [-0.3, -0.25) is 4.79 Å². The van der Waals surface area contributed by atoms with E-state index in [0.717, 1.165) is 5.56 Å². The van der Waals surface area contributed by atoms with E-state index in [1.807, 2.05) is 19.0 Å². The molecule has 32 heavy (non-hydrogen) atoms. The van der Waals surface area contributed by atoms with E-state index in [9.17, 15) is 23.1 Å². The molecule has 0 radical (unpaired) electrons. The zero-order chi connectivity index (χ0) is 23.5. The Labute approximate surface area is 185 Å². The summed E-state index contributed by atoms with van der Waals surface area (Å²) in [6, 6.07) is 6.76. The average Bonchev–Trinajstić information content (AvgIpc) is 3.53. The first kappa shape index (κ1) is 24.0. The number of hydrogen-bond donors (Lipinski definition) is 2. The lowest BCUT2D eigenvalue weighted by atomic mass is 9.81. The van der Waals surface area contributed by atoms with Crippen LogP contribution in [0.15, 0.2) is 36.7 Å². The van der Waals surface area contributed by atoms with Crippen LogP contribution < -0.4 is 5.32 Å². The number of aromatic nitrogens is 2. The Kier molecular flexibility index (Phi) is 7.07. The molecule has 2 N–H and O–H groups in total. The first-order valence-electron chi connectivity index (χ1n) is 10.6. The molecule has 1 aliphatic rings. The van der Waals surface area contributed by atoms with Crippen molar-refractivity contribution >= 4 is 5.91 Å². The van der Waals surface area contributed by atoms with E-state index in [4.69, 9.17) is 0 Å². The molecule has 2 aromatic rings. The fraction of sp³-hybridized carbons (Fsp3) is 0.522. The van der Waals surface area contributed by atoms with Crippen molar-refractivity contribution in [2.75, 3.05) is 20.6 Å². The molecule has 0 aliphatic heterocycles. The summed E-state index contributed by atoms with van der Waals surface area (Å²) in [5, 5.41) is 12.3. The quantitative estimate of drug-likeness (QED) is 0.611. The Morgan fingerprint density at radius 3 is 2.28 bits per heavy atom. The molecule has 0 spiro atoms. The van der Waals surface area contributed by atoms with E-state index in [1.54, 1.807) is 31.2 Å². The van der Waals surface area contributed by atoms with Crippen LogP contribution in [0.25, 0.3) is 0 Å². The minimum atomic E-state index is -4.39. The van der Waals surface area contributed by atoms with Crippen LogP contribution in [0.4, 0.5) is 13.2 Å². The number of nitrogens with zero attached hydrogens (tertiary/aromatic N) is 3. The molecule has 6 nitrogen and oxygen atoms in total. The highest BCUT2D eigenvalue weighted by atomic mass is 19.4. The highest BCUT2D eigenvalue weighted by molar-refractivity contribution is 5.77. The maximum absolute atomic E-state index is 13.9. The van der Waals surface area contributed by atoms with Crippen molar-refractivity contribution in [1.29, 1.82) is 0 Å². The summed E-state index contributed by atoms with van der Waals surface area (Å²) in [5.74, 6) is -0.799. The number of nitrogens with one attached hydrogen (secondary N) is 1. The topological polar surface area (TPSA) is 78.3 Å². The second-order valence-corrected chi connectivity index (χ2v) is 8.77. The zero-order valence-electron chi connectivity index (χ0n) is 18.5. The predicted molar refractivity (Wildman–Crippen MR) is 114 cm³/mol. The van der Waals surface area contributed by atoms with E-state index in [-0.39, 0.29) is 31.1 Å². The molecule has 3 rings (SSSR count). The summed E-state index contributed by atoms with van der Waals surface area (Å²) in [6.07, 6.45) is -1.24. The van der Waals surface area contributed by atoms with E-state index in [2.05, 4.69) is 15.3 Å². The number of aromatic hydroxyl groups is 1. The summed E-state index contributed by atoms with van der Waals surface area (Å²) in [4.78, 5) is 22.8. The zero-order valence-corrected chi connectivity index (χ0v) is 18.5. The molecular formula is C23H29F3N4O2. The molecule has 0 bridgehead atoms. The Morgan fingerprint density at radius 1 is 1.19 bits per heavy atom. The van der Waals surface area contributed by atoms with Crippen molar-refractivity contribution < 1.29 is 23.1 Å². The molecule has 1 aromatic carbocycles. The molecule has 1 aromatic heterocycles. The minimum absolute atomic E-state index is 0.00347. The van der Waals surface area contributed by atoms with Crippen molar-refractivity contribution in [3.05, 3.63) is 53.6 Å². The number of carbonyl (C=O) groups excluding carboxylic acids is 1. The molecule has 2 atom stereocenters. The van der Waals surface area contributed by atoms with Crippen LogP contribution in [0.2, 0.25) is 0 Å². The fourth-order valence-corrected chi connectivity index (χ4v) is 4.01. The number of halogens is 3. The molecule has 0 saturated heterocycles. The van der Waals surface area contributed by atoms with Crippen LogP contribution in [-0.2, 0) is 11.2 Å².